The molecule has 1 N–H and O–H groups in total. The van der Waals surface area contributed by atoms with Crippen LogP contribution in [-0.4, -0.2) is 66.6 Å². The molecular formula is C21H27N5O3S. The van der Waals surface area contributed by atoms with Crippen molar-refractivity contribution in [3.8, 4) is 0 Å². The van der Waals surface area contributed by atoms with Gasteiger partial charge in [0, 0.05) is 43.4 Å². The van der Waals surface area contributed by atoms with Crippen LogP contribution in [0.25, 0.3) is 0 Å². The smallest absolute Gasteiger partial charge is 0.341 e. The Hall–Kier alpha value is -2.52. The Morgan fingerprint density at radius 1 is 1.10 bits per heavy atom. The molecule has 0 atom stereocenters. The lowest BCUT2D eigenvalue weighted by molar-refractivity contribution is -0.117. The third kappa shape index (κ3) is 4.62. The van der Waals surface area contributed by atoms with Crippen molar-refractivity contribution in [2.75, 3.05) is 50.1 Å². The number of piperazine rings is 1. The van der Waals surface area contributed by atoms with Crippen molar-refractivity contribution in [3.63, 3.8) is 0 Å². The van der Waals surface area contributed by atoms with Crippen molar-refractivity contribution in [1.29, 1.82) is 0 Å². The molecule has 8 nitrogen and oxygen atoms in total. The fourth-order valence-electron chi connectivity index (χ4n) is 4.08. The summed E-state index contributed by atoms with van der Waals surface area (Å²) in [6.07, 6.45) is 8.67. The van der Waals surface area contributed by atoms with Gasteiger partial charge in [-0.05, 0) is 37.3 Å². The number of carbonyl (C=O) groups is 2. The number of nitrogens with zero attached hydrogens (tertiary/aromatic N) is 4. The summed E-state index contributed by atoms with van der Waals surface area (Å²) >= 11 is 1.53. The molecular weight excluding hydrogens is 402 g/mol. The topological polar surface area (TPSA) is 87.7 Å². The first-order valence-electron chi connectivity index (χ1n) is 10.4. The normalized spacial score (nSPS) is 17.2. The number of esters is 1. The van der Waals surface area contributed by atoms with Crippen LogP contribution < -0.4 is 10.2 Å². The molecule has 0 aromatic carbocycles. The Morgan fingerprint density at radius 2 is 1.83 bits per heavy atom. The van der Waals surface area contributed by atoms with Crippen LogP contribution in [0.5, 0.6) is 0 Å². The minimum absolute atomic E-state index is 0.0963. The van der Waals surface area contributed by atoms with Gasteiger partial charge in [0.15, 0.2) is 0 Å². The molecule has 2 aromatic rings. The van der Waals surface area contributed by atoms with Gasteiger partial charge in [-0.1, -0.05) is 6.42 Å². The molecule has 30 heavy (non-hydrogen) atoms. The molecule has 9 heteroatoms. The first-order valence-corrected chi connectivity index (χ1v) is 11.2. The van der Waals surface area contributed by atoms with Crippen LogP contribution in [0.1, 0.15) is 40.1 Å². The quantitative estimate of drug-likeness (QED) is 0.577. The van der Waals surface area contributed by atoms with E-state index in [2.05, 4.69) is 25.1 Å². The van der Waals surface area contributed by atoms with E-state index in [4.69, 9.17) is 4.74 Å². The summed E-state index contributed by atoms with van der Waals surface area (Å²) in [5, 5.41) is 3.63. The first-order chi connectivity index (χ1) is 14.7. The van der Waals surface area contributed by atoms with Gasteiger partial charge in [-0.15, -0.1) is 11.3 Å². The second-order valence-electron chi connectivity index (χ2n) is 7.62. The summed E-state index contributed by atoms with van der Waals surface area (Å²) in [6, 6.07) is 1.80. The fourth-order valence-corrected chi connectivity index (χ4v) is 5.37. The van der Waals surface area contributed by atoms with Gasteiger partial charge in [-0.25, -0.2) is 14.8 Å². The summed E-state index contributed by atoms with van der Waals surface area (Å²) in [5.74, 6) is 0.270. The fraction of sp³-hybridized carbons (Fsp3) is 0.524. The maximum Gasteiger partial charge on any atom is 0.341 e. The molecule has 0 spiro atoms. The molecule has 1 amide bonds. The Kier molecular flexibility index (Phi) is 6.59. The maximum atomic E-state index is 12.7. The van der Waals surface area contributed by atoms with Gasteiger partial charge in [0.05, 0.1) is 19.2 Å². The maximum absolute atomic E-state index is 12.7. The predicted molar refractivity (Wildman–Crippen MR) is 116 cm³/mol. The zero-order valence-electron chi connectivity index (χ0n) is 17.2. The minimum atomic E-state index is -0.360. The average molecular weight is 430 g/mol. The number of amides is 1. The van der Waals surface area contributed by atoms with Crippen molar-refractivity contribution in [3.05, 3.63) is 34.5 Å². The molecule has 4 rings (SSSR count). The second kappa shape index (κ2) is 9.53. The Morgan fingerprint density at radius 3 is 2.57 bits per heavy atom. The highest BCUT2D eigenvalue weighted by Gasteiger charge is 2.27. The first kappa shape index (κ1) is 20.7. The van der Waals surface area contributed by atoms with Gasteiger partial charge < -0.3 is 15.0 Å². The molecule has 1 aliphatic heterocycles. The monoisotopic (exact) mass is 429 g/mol. The minimum Gasteiger partial charge on any atom is -0.465 e. The van der Waals surface area contributed by atoms with E-state index in [1.54, 1.807) is 18.5 Å². The number of hydrogen-bond acceptors (Lipinski definition) is 8. The highest BCUT2D eigenvalue weighted by Crippen LogP contribution is 2.37. The molecule has 2 aliphatic rings. The summed E-state index contributed by atoms with van der Waals surface area (Å²) in [4.78, 5) is 39.2. The number of carbonyl (C=O) groups excluding carboxylic acids is 2. The third-order valence-corrected chi connectivity index (χ3v) is 6.85. The van der Waals surface area contributed by atoms with Gasteiger partial charge in [0.2, 0.25) is 11.9 Å². The molecule has 160 valence electrons. The zero-order valence-corrected chi connectivity index (χ0v) is 18.0. The van der Waals surface area contributed by atoms with Gasteiger partial charge >= 0.3 is 5.97 Å². The van der Waals surface area contributed by atoms with Crippen molar-refractivity contribution in [2.24, 2.45) is 0 Å². The van der Waals surface area contributed by atoms with Gasteiger partial charge in [0.25, 0.3) is 0 Å². The number of hydrogen-bond donors (Lipinski definition) is 1. The van der Waals surface area contributed by atoms with Crippen LogP contribution in [0.2, 0.25) is 0 Å². The molecule has 0 unspecified atom stereocenters. The lowest BCUT2D eigenvalue weighted by atomic mass is 10.1. The van der Waals surface area contributed by atoms with E-state index in [-0.39, 0.29) is 11.9 Å². The summed E-state index contributed by atoms with van der Waals surface area (Å²) in [6.45, 7) is 3.37. The molecule has 1 aliphatic carbocycles. The van der Waals surface area contributed by atoms with Crippen LogP contribution in [0.15, 0.2) is 18.5 Å². The van der Waals surface area contributed by atoms with Crippen molar-refractivity contribution in [2.45, 2.75) is 32.1 Å². The van der Waals surface area contributed by atoms with Crippen LogP contribution in [0.3, 0.4) is 0 Å². The number of nitrogens with one attached hydrogen (secondary N) is 1. The SMILES string of the molecule is COC(=O)c1c(NC(=O)CN2CCN(c3ncccn3)CC2)sc2c1CCCCC2. The highest BCUT2D eigenvalue weighted by molar-refractivity contribution is 7.17. The summed E-state index contributed by atoms with van der Waals surface area (Å²) in [7, 11) is 1.39. The van der Waals surface area contributed by atoms with Crippen LogP contribution >= 0.6 is 11.3 Å². The van der Waals surface area contributed by atoms with Crippen LogP contribution in [0.4, 0.5) is 10.9 Å². The number of ether oxygens (including phenoxy) is 1. The number of thiophene rings is 1. The highest BCUT2D eigenvalue weighted by atomic mass is 32.1. The number of rotatable bonds is 5. The molecule has 0 radical (unpaired) electrons. The zero-order chi connectivity index (χ0) is 20.9. The number of methoxy groups -OCH3 is 1. The Balaban J connectivity index is 1.38. The number of fused-ring (bicyclic) bond motifs is 1. The molecule has 1 saturated heterocycles. The lowest BCUT2D eigenvalue weighted by Crippen LogP contribution is -2.49. The summed E-state index contributed by atoms with van der Waals surface area (Å²) < 4.78 is 5.02. The van der Waals surface area contributed by atoms with Gasteiger partial charge in [-0.2, -0.15) is 0 Å². The van der Waals surface area contributed by atoms with Gasteiger partial charge in [0.1, 0.15) is 5.00 Å². The van der Waals surface area contributed by atoms with Crippen molar-refractivity contribution >= 4 is 34.2 Å². The largest absolute Gasteiger partial charge is 0.465 e. The van der Waals surface area contributed by atoms with Gasteiger partial charge in [-0.3, -0.25) is 9.69 Å². The van der Waals surface area contributed by atoms with E-state index in [1.807, 2.05) is 0 Å². The lowest BCUT2D eigenvalue weighted by Gasteiger charge is -2.34. The predicted octanol–water partition coefficient (Wildman–Crippen LogP) is 2.35. The van der Waals surface area contributed by atoms with E-state index in [9.17, 15) is 9.59 Å². The number of aromatic nitrogens is 2. The van der Waals surface area contributed by atoms with Crippen LogP contribution in [-0.2, 0) is 22.4 Å². The van der Waals surface area contributed by atoms with E-state index < -0.39 is 0 Å². The average Bonchev–Trinajstić information content (AvgIpc) is 2.94. The van der Waals surface area contributed by atoms with E-state index >= 15 is 0 Å². The third-order valence-electron chi connectivity index (χ3n) is 5.64. The number of anilines is 2. The molecule has 0 bridgehead atoms. The molecule has 3 heterocycles. The molecule has 0 saturated carbocycles. The van der Waals surface area contributed by atoms with Crippen molar-refractivity contribution in [1.82, 2.24) is 14.9 Å². The van der Waals surface area contributed by atoms with Crippen molar-refractivity contribution < 1.29 is 14.3 Å². The summed E-state index contributed by atoms with van der Waals surface area (Å²) in [5.41, 5.74) is 1.62. The molecule has 1 fully saturated rings. The van der Waals surface area contributed by atoms with E-state index in [0.29, 0.717) is 17.1 Å². The standard InChI is InChI=1S/C21H27N5O3S/c1-29-20(28)18-15-6-3-2-4-7-16(15)30-19(18)24-17(27)14-25-10-12-26(13-11-25)21-22-8-5-9-23-21/h5,8-9H,2-4,6-7,10-14H2,1H3,(H,24,27). The second-order valence-corrected chi connectivity index (χ2v) is 8.73. The number of aryl methyl sites for hydroxylation is 1. The van der Waals surface area contributed by atoms with Crippen LogP contribution in [0, 0.1) is 0 Å². The molecule has 2 aromatic heterocycles. The van der Waals surface area contributed by atoms with E-state index in [1.165, 1.54) is 29.7 Å². The Labute approximate surface area is 180 Å². The van der Waals surface area contributed by atoms with E-state index in [0.717, 1.165) is 63.4 Å². The Bertz CT molecular complexity index is 894.